The minimum atomic E-state index is -0.320. The molecule has 3 N–H and O–H groups in total. The van der Waals surface area contributed by atoms with E-state index in [4.69, 9.17) is 0 Å². The van der Waals surface area contributed by atoms with Crippen LogP contribution in [0.5, 0.6) is 0 Å². The zero-order chi connectivity index (χ0) is 20.4. The van der Waals surface area contributed by atoms with E-state index in [-0.39, 0.29) is 17.7 Å². The van der Waals surface area contributed by atoms with Crippen LogP contribution in [0.2, 0.25) is 0 Å². The van der Waals surface area contributed by atoms with Gasteiger partial charge in [0.05, 0.1) is 11.3 Å². The van der Waals surface area contributed by atoms with Crippen LogP contribution in [-0.2, 0) is 4.79 Å². The molecule has 0 unspecified atom stereocenters. The van der Waals surface area contributed by atoms with Gasteiger partial charge in [0.25, 0.3) is 11.8 Å². The molecular formula is C22H27N3O3. The molecule has 0 aliphatic rings. The lowest BCUT2D eigenvalue weighted by Gasteiger charge is -2.11. The highest BCUT2D eigenvalue weighted by Gasteiger charge is 2.14. The Labute approximate surface area is 165 Å². The maximum atomic E-state index is 12.5. The molecule has 0 heterocycles. The Hall–Kier alpha value is -3.15. The summed E-state index contributed by atoms with van der Waals surface area (Å²) < 4.78 is 0. The van der Waals surface area contributed by atoms with Crippen molar-refractivity contribution < 1.29 is 14.4 Å². The van der Waals surface area contributed by atoms with Crippen LogP contribution in [0.25, 0.3) is 0 Å². The summed E-state index contributed by atoms with van der Waals surface area (Å²) in [6, 6.07) is 13.6. The molecule has 0 radical (unpaired) electrons. The van der Waals surface area contributed by atoms with Gasteiger partial charge in [-0.05, 0) is 49.2 Å². The van der Waals surface area contributed by atoms with E-state index in [0.717, 1.165) is 19.3 Å². The van der Waals surface area contributed by atoms with Gasteiger partial charge in [-0.2, -0.15) is 0 Å². The van der Waals surface area contributed by atoms with E-state index in [0.29, 0.717) is 35.5 Å². The van der Waals surface area contributed by atoms with Gasteiger partial charge in [-0.1, -0.05) is 32.4 Å². The van der Waals surface area contributed by atoms with Crippen LogP contribution in [0.1, 0.15) is 60.2 Å². The Bertz CT molecular complexity index is 816. The first-order valence-corrected chi connectivity index (χ1v) is 9.63. The van der Waals surface area contributed by atoms with Crippen molar-refractivity contribution in [1.82, 2.24) is 5.32 Å². The van der Waals surface area contributed by atoms with Crippen LogP contribution in [-0.4, -0.2) is 24.3 Å². The molecule has 28 heavy (non-hydrogen) atoms. The van der Waals surface area contributed by atoms with Crippen molar-refractivity contribution in [3.05, 3.63) is 59.7 Å². The predicted octanol–water partition coefficient (Wildman–Crippen LogP) is 4.21. The summed E-state index contributed by atoms with van der Waals surface area (Å²) in [5, 5.41) is 8.41. The van der Waals surface area contributed by atoms with E-state index in [1.54, 1.807) is 48.5 Å². The summed E-state index contributed by atoms with van der Waals surface area (Å²) in [7, 11) is 0. The second-order valence-electron chi connectivity index (χ2n) is 6.48. The van der Waals surface area contributed by atoms with Crippen molar-refractivity contribution in [2.24, 2.45) is 0 Å². The molecule has 2 aromatic rings. The van der Waals surface area contributed by atoms with Crippen LogP contribution in [0.3, 0.4) is 0 Å². The van der Waals surface area contributed by atoms with Gasteiger partial charge in [0.1, 0.15) is 0 Å². The summed E-state index contributed by atoms with van der Waals surface area (Å²) in [5.74, 6) is -0.575. The number of benzene rings is 2. The predicted molar refractivity (Wildman–Crippen MR) is 112 cm³/mol. The fourth-order valence-electron chi connectivity index (χ4n) is 2.58. The lowest BCUT2D eigenvalue weighted by molar-refractivity contribution is -0.116. The average molecular weight is 381 g/mol. The van der Waals surface area contributed by atoms with Gasteiger partial charge < -0.3 is 16.0 Å². The molecule has 0 atom stereocenters. The third-order valence-electron chi connectivity index (χ3n) is 4.14. The standard InChI is InChI=1S/C22H27N3O3/c1-3-5-10-20(26)24-17-13-11-16(12-14-17)21(27)25-19-9-7-6-8-18(19)22(28)23-15-4-2/h6-9,11-14H,3-5,10,15H2,1-2H3,(H,23,28)(H,24,26)(H,25,27). The van der Waals surface area contributed by atoms with E-state index >= 15 is 0 Å². The normalized spacial score (nSPS) is 10.2. The molecule has 0 fully saturated rings. The summed E-state index contributed by atoms with van der Waals surface area (Å²) in [6.07, 6.45) is 3.12. The fourth-order valence-corrected chi connectivity index (χ4v) is 2.58. The van der Waals surface area contributed by atoms with Gasteiger partial charge >= 0.3 is 0 Å². The maximum Gasteiger partial charge on any atom is 0.255 e. The van der Waals surface area contributed by atoms with Gasteiger partial charge in [-0.3, -0.25) is 14.4 Å². The molecule has 148 valence electrons. The van der Waals surface area contributed by atoms with Gasteiger partial charge in [-0.15, -0.1) is 0 Å². The third-order valence-corrected chi connectivity index (χ3v) is 4.14. The average Bonchev–Trinajstić information content (AvgIpc) is 2.71. The second kappa shape index (κ2) is 10.9. The molecule has 0 bridgehead atoms. The highest BCUT2D eigenvalue weighted by molar-refractivity contribution is 6.09. The van der Waals surface area contributed by atoms with Crippen molar-refractivity contribution >= 4 is 29.1 Å². The quantitative estimate of drug-likeness (QED) is 0.608. The Balaban J connectivity index is 2.03. The number of amides is 3. The highest BCUT2D eigenvalue weighted by Crippen LogP contribution is 2.17. The van der Waals surface area contributed by atoms with Crippen LogP contribution in [0, 0.1) is 0 Å². The minimum absolute atomic E-state index is 0.0360. The molecular weight excluding hydrogens is 354 g/mol. The molecule has 0 saturated carbocycles. The van der Waals surface area contributed by atoms with Crippen LogP contribution < -0.4 is 16.0 Å². The molecule has 2 rings (SSSR count). The zero-order valence-corrected chi connectivity index (χ0v) is 16.4. The number of rotatable bonds is 9. The summed E-state index contributed by atoms with van der Waals surface area (Å²) in [4.78, 5) is 36.6. The monoisotopic (exact) mass is 381 g/mol. The van der Waals surface area contributed by atoms with Crippen LogP contribution in [0.15, 0.2) is 48.5 Å². The Morgan fingerprint density at radius 2 is 1.54 bits per heavy atom. The van der Waals surface area contributed by atoms with Gasteiger partial charge in [0.15, 0.2) is 0 Å². The lowest BCUT2D eigenvalue weighted by Crippen LogP contribution is -2.25. The number of nitrogens with one attached hydrogen (secondary N) is 3. The van der Waals surface area contributed by atoms with Crippen molar-refractivity contribution in [2.75, 3.05) is 17.2 Å². The van der Waals surface area contributed by atoms with Crippen molar-refractivity contribution in [1.29, 1.82) is 0 Å². The van der Waals surface area contributed by atoms with Gasteiger partial charge in [-0.25, -0.2) is 0 Å². The molecule has 0 saturated heterocycles. The Morgan fingerprint density at radius 3 is 2.21 bits per heavy atom. The molecule has 0 aliphatic heterocycles. The molecule has 2 aromatic carbocycles. The van der Waals surface area contributed by atoms with Gasteiger partial charge in [0, 0.05) is 24.2 Å². The summed E-state index contributed by atoms with van der Waals surface area (Å²) >= 11 is 0. The Morgan fingerprint density at radius 1 is 0.821 bits per heavy atom. The van der Waals surface area contributed by atoms with E-state index < -0.39 is 0 Å². The van der Waals surface area contributed by atoms with Gasteiger partial charge in [0.2, 0.25) is 5.91 Å². The Kier molecular flexibility index (Phi) is 8.21. The number of carbonyl (C=O) groups is 3. The number of carbonyl (C=O) groups excluding carboxylic acids is 3. The van der Waals surface area contributed by atoms with E-state index in [1.165, 1.54) is 0 Å². The van der Waals surface area contributed by atoms with E-state index in [2.05, 4.69) is 16.0 Å². The third kappa shape index (κ3) is 6.23. The number of anilines is 2. The molecule has 6 nitrogen and oxygen atoms in total. The van der Waals surface area contributed by atoms with Crippen LogP contribution in [0.4, 0.5) is 11.4 Å². The molecule has 0 aliphatic carbocycles. The first-order valence-electron chi connectivity index (χ1n) is 9.63. The lowest BCUT2D eigenvalue weighted by atomic mass is 10.1. The molecule has 0 aromatic heterocycles. The van der Waals surface area contributed by atoms with Crippen molar-refractivity contribution in [3.8, 4) is 0 Å². The maximum absolute atomic E-state index is 12.5. The first kappa shape index (κ1) is 21.2. The number of hydrogen-bond acceptors (Lipinski definition) is 3. The molecule has 3 amide bonds. The van der Waals surface area contributed by atoms with E-state index in [9.17, 15) is 14.4 Å². The number of unbranched alkanes of at least 4 members (excludes halogenated alkanes) is 1. The SMILES string of the molecule is CCCCC(=O)Nc1ccc(C(=O)Nc2ccccc2C(=O)NCCC)cc1. The summed E-state index contributed by atoms with van der Waals surface area (Å²) in [5.41, 5.74) is 1.97. The topological polar surface area (TPSA) is 87.3 Å². The summed E-state index contributed by atoms with van der Waals surface area (Å²) in [6.45, 7) is 4.59. The zero-order valence-electron chi connectivity index (χ0n) is 16.4. The number of para-hydroxylation sites is 1. The minimum Gasteiger partial charge on any atom is -0.352 e. The molecule has 0 spiro atoms. The first-order chi connectivity index (χ1) is 13.5. The number of hydrogen-bond donors (Lipinski definition) is 3. The fraction of sp³-hybridized carbons (Fsp3) is 0.318. The van der Waals surface area contributed by atoms with Crippen molar-refractivity contribution in [3.63, 3.8) is 0 Å². The largest absolute Gasteiger partial charge is 0.352 e. The highest BCUT2D eigenvalue weighted by atomic mass is 16.2. The molecule has 6 heteroatoms. The second-order valence-corrected chi connectivity index (χ2v) is 6.48. The van der Waals surface area contributed by atoms with Crippen molar-refractivity contribution in [2.45, 2.75) is 39.5 Å². The smallest absolute Gasteiger partial charge is 0.255 e. The van der Waals surface area contributed by atoms with E-state index in [1.807, 2.05) is 13.8 Å². The van der Waals surface area contributed by atoms with Crippen LogP contribution >= 0.6 is 0 Å².